The lowest BCUT2D eigenvalue weighted by Crippen LogP contribution is -2.29. The topological polar surface area (TPSA) is 70.8 Å². The van der Waals surface area contributed by atoms with E-state index in [4.69, 9.17) is 21.7 Å². The normalized spacial score (nSPS) is 16.9. The number of alkyl halides is 6. The summed E-state index contributed by atoms with van der Waals surface area (Å²) in [6.45, 7) is 1.72. The van der Waals surface area contributed by atoms with E-state index in [1.165, 1.54) is 24.0 Å². The molecule has 2 aromatic rings. The van der Waals surface area contributed by atoms with E-state index in [2.05, 4.69) is 0 Å². The number of aliphatic carboxylic acids is 1. The minimum atomic E-state index is -4.92. The van der Waals surface area contributed by atoms with Crippen LogP contribution in [0, 0.1) is 5.92 Å². The smallest absolute Gasteiger partial charge is 0.417 e. The van der Waals surface area contributed by atoms with Crippen LogP contribution in [0.5, 0.6) is 0 Å². The highest BCUT2D eigenvalue weighted by molar-refractivity contribution is 8.26. The molecule has 188 valence electrons. The van der Waals surface area contributed by atoms with Gasteiger partial charge in [0, 0.05) is 18.2 Å². The molecule has 13 heteroatoms. The maximum Gasteiger partial charge on any atom is 0.417 e. The zero-order valence-electron chi connectivity index (χ0n) is 17.9. The number of carbonyl (C=O) groups excluding carboxylic acids is 1. The van der Waals surface area contributed by atoms with E-state index < -0.39 is 52.6 Å². The molecule has 1 aromatic heterocycles. The monoisotopic (exact) mass is 537 g/mol. The van der Waals surface area contributed by atoms with Gasteiger partial charge in [-0.25, -0.2) is 0 Å². The molecule has 2 heterocycles. The van der Waals surface area contributed by atoms with Gasteiger partial charge in [0.2, 0.25) is 0 Å². The summed E-state index contributed by atoms with van der Waals surface area (Å²) >= 11 is 6.10. The van der Waals surface area contributed by atoms with Crippen molar-refractivity contribution in [3.8, 4) is 11.3 Å². The molecule has 1 aliphatic rings. The number of rotatable bonds is 7. The van der Waals surface area contributed by atoms with Crippen LogP contribution < -0.4 is 0 Å². The number of carbonyl (C=O) groups is 2. The number of benzene rings is 1. The molecule has 1 aliphatic heterocycles. The van der Waals surface area contributed by atoms with Gasteiger partial charge in [-0.05, 0) is 43.2 Å². The zero-order chi connectivity index (χ0) is 26.1. The maximum absolute atomic E-state index is 13.4. The van der Waals surface area contributed by atoms with Crippen molar-refractivity contribution in [2.24, 2.45) is 5.92 Å². The van der Waals surface area contributed by atoms with Crippen molar-refractivity contribution in [2.45, 2.75) is 32.1 Å². The van der Waals surface area contributed by atoms with Crippen LogP contribution in [0.15, 0.2) is 39.7 Å². The van der Waals surface area contributed by atoms with Crippen LogP contribution in [0.2, 0.25) is 0 Å². The summed E-state index contributed by atoms with van der Waals surface area (Å²) < 4.78 is 85.0. The summed E-state index contributed by atoms with van der Waals surface area (Å²) in [7, 11) is 0. The Hall–Kier alpha value is -2.80. The number of halogens is 6. The molecule has 0 bridgehead atoms. The third-order valence-electron chi connectivity index (χ3n) is 5.13. The molecule has 0 aliphatic carbocycles. The zero-order valence-corrected chi connectivity index (χ0v) is 19.5. The molecule has 35 heavy (non-hydrogen) atoms. The quantitative estimate of drug-likeness (QED) is 0.241. The van der Waals surface area contributed by atoms with Crippen LogP contribution in [0.3, 0.4) is 0 Å². The first-order valence-corrected chi connectivity index (χ1v) is 11.3. The molecule has 1 amide bonds. The highest BCUT2D eigenvalue weighted by atomic mass is 32.2. The lowest BCUT2D eigenvalue weighted by molar-refractivity contribution is -0.141. The van der Waals surface area contributed by atoms with E-state index in [1.54, 1.807) is 0 Å². The molecule has 1 fully saturated rings. The number of furan rings is 1. The highest BCUT2D eigenvalue weighted by Gasteiger charge is 2.38. The fourth-order valence-electron chi connectivity index (χ4n) is 3.25. The predicted molar refractivity (Wildman–Crippen MR) is 120 cm³/mol. The van der Waals surface area contributed by atoms with Gasteiger partial charge in [-0.1, -0.05) is 30.9 Å². The van der Waals surface area contributed by atoms with Gasteiger partial charge in [0.15, 0.2) is 0 Å². The van der Waals surface area contributed by atoms with E-state index in [-0.39, 0.29) is 21.5 Å². The number of carboxylic acid groups (broad SMARTS) is 1. The van der Waals surface area contributed by atoms with Gasteiger partial charge in [0.1, 0.15) is 15.8 Å². The Bertz CT molecular complexity index is 1190. The second kappa shape index (κ2) is 10.1. The van der Waals surface area contributed by atoms with Gasteiger partial charge in [0.25, 0.3) is 5.91 Å². The van der Waals surface area contributed by atoms with Crippen molar-refractivity contribution in [1.29, 1.82) is 0 Å². The number of hydrogen-bond donors (Lipinski definition) is 1. The van der Waals surface area contributed by atoms with Crippen LogP contribution in [0.4, 0.5) is 26.3 Å². The second-order valence-electron chi connectivity index (χ2n) is 7.67. The molecule has 1 saturated heterocycles. The summed E-state index contributed by atoms with van der Waals surface area (Å²) in [5.41, 5.74) is -3.35. The minimum Gasteiger partial charge on any atom is -0.481 e. The largest absolute Gasteiger partial charge is 0.481 e. The Morgan fingerprint density at radius 2 is 1.86 bits per heavy atom. The lowest BCUT2D eigenvalue weighted by Gasteiger charge is -2.15. The van der Waals surface area contributed by atoms with Crippen molar-refractivity contribution in [2.75, 3.05) is 6.54 Å². The number of carboxylic acids is 1. The van der Waals surface area contributed by atoms with Crippen LogP contribution in [0.1, 0.15) is 36.7 Å². The molecular weight excluding hydrogens is 520 g/mol. The van der Waals surface area contributed by atoms with Crippen molar-refractivity contribution in [3.63, 3.8) is 0 Å². The van der Waals surface area contributed by atoms with Crippen molar-refractivity contribution in [1.82, 2.24) is 4.90 Å². The third-order valence-corrected chi connectivity index (χ3v) is 6.51. The fraction of sp³-hybridized carbons (Fsp3) is 0.318. The summed E-state index contributed by atoms with van der Waals surface area (Å²) in [6, 6.07) is 3.37. The van der Waals surface area contributed by atoms with Crippen molar-refractivity contribution in [3.05, 3.63) is 52.1 Å². The fourth-order valence-corrected chi connectivity index (χ4v) is 4.54. The van der Waals surface area contributed by atoms with Gasteiger partial charge in [0.05, 0.1) is 21.9 Å². The molecule has 1 atom stereocenters. The van der Waals surface area contributed by atoms with Crippen LogP contribution in [0.25, 0.3) is 17.4 Å². The molecule has 1 aromatic carbocycles. The molecule has 1 N–H and O–H groups in total. The minimum absolute atomic E-state index is 0.0504. The Balaban J connectivity index is 1.84. The molecule has 0 spiro atoms. The number of thiocarbonyl (C=S) groups is 1. The SMILES string of the molecule is CC(CCCN1C(=O)/C(=C/c2ccc(-c3cc(C(F)(F)F)ccc3C(F)(F)F)o2)SC1=S)C(=O)O. The molecule has 3 rings (SSSR count). The van der Waals surface area contributed by atoms with E-state index in [0.717, 1.165) is 17.8 Å². The number of nitrogens with zero attached hydrogens (tertiary/aromatic N) is 1. The number of amides is 1. The highest BCUT2D eigenvalue weighted by Crippen LogP contribution is 2.41. The van der Waals surface area contributed by atoms with Crippen molar-refractivity contribution < 1.29 is 45.5 Å². The molecule has 5 nitrogen and oxygen atoms in total. The molecule has 1 unspecified atom stereocenters. The molecule has 0 radical (unpaired) electrons. The maximum atomic E-state index is 13.4. The van der Waals surface area contributed by atoms with Gasteiger partial charge in [-0.3, -0.25) is 14.5 Å². The average molecular weight is 538 g/mol. The second-order valence-corrected chi connectivity index (χ2v) is 9.35. The van der Waals surface area contributed by atoms with Gasteiger partial charge < -0.3 is 9.52 Å². The predicted octanol–water partition coefficient (Wildman–Crippen LogP) is 6.69. The average Bonchev–Trinajstić information content (AvgIpc) is 3.31. The first-order chi connectivity index (χ1) is 16.2. The summed E-state index contributed by atoms with van der Waals surface area (Å²) in [5.74, 6) is -2.55. The third kappa shape index (κ3) is 6.26. The van der Waals surface area contributed by atoms with E-state index >= 15 is 0 Å². The first-order valence-electron chi connectivity index (χ1n) is 10.1. The summed E-state index contributed by atoms with van der Waals surface area (Å²) in [5, 5.41) is 8.94. The lowest BCUT2D eigenvalue weighted by atomic mass is 10.0. The molecular formula is C22H17F6NO4S2. The van der Waals surface area contributed by atoms with E-state index in [1.807, 2.05) is 0 Å². The van der Waals surface area contributed by atoms with Gasteiger partial charge in [-0.15, -0.1) is 0 Å². The van der Waals surface area contributed by atoms with Gasteiger partial charge >= 0.3 is 18.3 Å². The van der Waals surface area contributed by atoms with Gasteiger partial charge in [-0.2, -0.15) is 26.3 Å². The standard InChI is InChI=1S/C22H17F6NO4S2/c1-11(19(31)32)3-2-8-29-18(30)17(35-20(29)34)10-13-5-7-16(33-13)14-9-12(21(23,24)25)4-6-15(14)22(26,27)28/h4-7,9-11H,2-3,8H2,1H3,(H,31,32)/b17-10-. The van der Waals surface area contributed by atoms with Crippen LogP contribution in [-0.4, -0.2) is 32.7 Å². The summed E-state index contributed by atoms with van der Waals surface area (Å²) in [4.78, 5) is 25.0. The molecule has 0 saturated carbocycles. The Morgan fingerprint density at radius 1 is 1.17 bits per heavy atom. The number of thioether (sulfide) groups is 1. The van der Waals surface area contributed by atoms with E-state index in [0.29, 0.717) is 31.0 Å². The Labute approximate surface area is 204 Å². The Morgan fingerprint density at radius 3 is 2.46 bits per heavy atom. The van der Waals surface area contributed by atoms with E-state index in [9.17, 15) is 35.9 Å². The van der Waals surface area contributed by atoms with Crippen LogP contribution >= 0.6 is 24.0 Å². The van der Waals surface area contributed by atoms with Crippen molar-refractivity contribution >= 4 is 46.3 Å². The van der Waals surface area contributed by atoms with Crippen LogP contribution in [-0.2, 0) is 21.9 Å². The summed E-state index contributed by atoms with van der Waals surface area (Å²) in [6.07, 6.45) is -7.83. The number of hydrogen-bond acceptors (Lipinski definition) is 5. The first kappa shape index (κ1) is 26.8. The Kier molecular flexibility index (Phi) is 7.70.